The summed E-state index contributed by atoms with van der Waals surface area (Å²) in [5.41, 5.74) is 0. The number of rotatable bonds is 2. The van der Waals surface area contributed by atoms with Gasteiger partial charge in [0.25, 0.3) is 5.24 Å². The Morgan fingerprint density at radius 3 is 2.25 bits per heavy atom. The van der Waals surface area contributed by atoms with Gasteiger partial charge >= 0.3 is 0 Å². The van der Waals surface area contributed by atoms with Gasteiger partial charge in [0.05, 0.1) is 6.07 Å². The van der Waals surface area contributed by atoms with Crippen molar-refractivity contribution in [3.05, 3.63) is 0 Å². The minimum Gasteiger partial charge on any atom is -0.288 e. The average molecular weight is 132 g/mol. The summed E-state index contributed by atoms with van der Waals surface area (Å²) in [6, 6.07) is 1.49. The maximum absolute atomic E-state index is 10.0. The van der Waals surface area contributed by atoms with Crippen molar-refractivity contribution in [3.8, 4) is 6.07 Å². The number of halogens is 1. The second-order valence-corrected chi connectivity index (χ2v) is 1.38. The number of carbonyl (C=O) groups excluding carboxylic acids is 2. The Morgan fingerprint density at radius 1 is 1.62 bits per heavy atom. The van der Waals surface area contributed by atoms with E-state index in [2.05, 4.69) is 11.6 Å². The summed E-state index contributed by atoms with van der Waals surface area (Å²) in [7, 11) is 0. The molecular formula is C4H2ClNO2. The van der Waals surface area contributed by atoms with Gasteiger partial charge in [0, 0.05) is 0 Å². The number of nitriles is 1. The lowest BCUT2D eigenvalue weighted by Gasteiger charge is -1.77. The highest BCUT2D eigenvalue weighted by molar-refractivity contribution is 6.81. The molecule has 0 aliphatic heterocycles. The Bertz CT molecular complexity index is 158. The fourth-order valence-electron chi connectivity index (χ4n) is 0.141. The molecule has 0 aliphatic carbocycles. The first kappa shape index (κ1) is 7.12. The van der Waals surface area contributed by atoms with Gasteiger partial charge in [-0.1, -0.05) is 0 Å². The molecule has 0 bridgehead atoms. The number of hydrogen-bond donors (Lipinski definition) is 0. The molecule has 0 amide bonds. The molecule has 0 N–H and O–H groups in total. The number of ketones is 1. The average Bonchev–Trinajstić information content (AvgIpc) is 1.67. The first-order valence-corrected chi connectivity index (χ1v) is 2.16. The van der Waals surface area contributed by atoms with Gasteiger partial charge in [0.1, 0.15) is 6.42 Å². The molecule has 0 heterocycles. The Hall–Kier alpha value is -0.880. The lowest BCUT2D eigenvalue weighted by atomic mass is 10.3. The van der Waals surface area contributed by atoms with Crippen molar-refractivity contribution in [1.29, 1.82) is 5.26 Å². The quantitative estimate of drug-likeness (QED) is 0.398. The number of Topliss-reactive ketones (excluding diaryl/α,β-unsaturated/α-hetero) is 1. The van der Waals surface area contributed by atoms with Crippen LogP contribution < -0.4 is 0 Å². The number of nitrogens with zero attached hydrogens (tertiary/aromatic N) is 1. The third-order valence-corrected chi connectivity index (χ3v) is 0.670. The van der Waals surface area contributed by atoms with Gasteiger partial charge in [-0.3, -0.25) is 9.59 Å². The van der Waals surface area contributed by atoms with E-state index in [0.717, 1.165) is 0 Å². The third-order valence-electron chi connectivity index (χ3n) is 0.459. The normalized spacial score (nSPS) is 7.50. The topological polar surface area (TPSA) is 57.9 Å². The summed E-state index contributed by atoms with van der Waals surface area (Å²) in [5.74, 6) is -0.853. The van der Waals surface area contributed by atoms with E-state index in [1.807, 2.05) is 0 Å². The van der Waals surface area contributed by atoms with Crippen LogP contribution in [0.4, 0.5) is 0 Å². The van der Waals surface area contributed by atoms with Crippen LogP contribution in [0.3, 0.4) is 0 Å². The van der Waals surface area contributed by atoms with Crippen LogP contribution in [0, 0.1) is 11.3 Å². The standard InChI is InChI=1S/C4H2ClNO2/c5-4(8)3(7)1-2-6/h1H2. The van der Waals surface area contributed by atoms with E-state index in [1.165, 1.54) is 6.07 Å². The molecule has 42 valence electrons. The minimum atomic E-state index is -1.08. The second kappa shape index (κ2) is 3.16. The van der Waals surface area contributed by atoms with Crippen LogP contribution in [0.5, 0.6) is 0 Å². The number of carbonyl (C=O) groups is 2. The fraction of sp³-hybridized carbons (Fsp3) is 0.250. The van der Waals surface area contributed by atoms with Crippen molar-refractivity contribution in [2.75, 3.05) is 0 Å². The monoisotopic (exact) mass is 131 g/mol. The van der Waals surface area contributed by atoms with E-state index >= 15 is 0 Å². The highest BCUT2D eigenvalue weighted by atomic mass is 35.5. The van der Waals surface area contributed by atoms with Crippen molar-refractivity contribution in [2.24, 2.45) is 0 Å². The summed E-state index contributed by atoms with van der Waals surface area (Å²) in [6.07, 6.45) is -0.428. The predicted molar refractivity (Wildman–Crippen MR) is 26.1 cm³/mol. The van der Waals surface area contributed by atoms with Gasteiger partial charge in [0.15, 0.2) is 0 Å². The Balaban J connectivity index is 3.71. The second-order valence-electron chi connectivity index (χ2n) is 1.03. The lowest BCUT2D eigenvalue weighted by Crippen LogP contribution is -2.04. The Kier molecular flexibility index (Phi) is 2.82. The Labute approximate surface area is 50.9 Å². The molecule has 0 aromatic heterocycles. The molecular weight excluding hydrogens is 130 g/mol. The van der Waals surface area contributed by atoms with E-state index in [9.17, 15) is 9.59 Å². The fourth-order valence-corrected chi connectivity index (χ4v) is 0.208. The first-order chi connectivity index (χ1) is 3.68. The van der Waals surface area contributed by atoms with Crippen LogP contribution in [-0.4, -0.2) is 11.0 Å². The highest BCUT2D eigenvalue weighted by Crippen LogP contribution is 1.86. The maximum Gasteiger partial charge on any atom is 0.289 e. The van der Waals surface area contributed by atoms with Crippen molar-refractivity contribution in [2.45, 2.75) is 6.42 Å². The van der Waals surface area contributed by atoms with Gasteiger partial charge in [-0.15, -0.1) is 0 Å². The number of hydrogen-bond acceptors (Lipinski definition) is 3. The van der Waals surface area contributed by atoms with E-state index < -0.39 is 17.4 Å². The largest absolute Gasteiger partial charge is 0.289 e. The molecule has 0 fully saturated rings. The summed E-state index contributed by atoms with van der Waals surface area (Å²) in [5, 5.41) is 6.73. The van der Waals surface area contributed by atoms with Crippen LogP contribution in [0.2, 0.25) is 0 Å². The lowest BCUT2D eigenvalue weighted by molar-refractivity contribution is -0.131. The molecule has 0 spiro atoms. The molecule has 0 aromatic rings. The molecule has 8 heavy (non-hydrogen) atoms. The van der Waals surface area contributed by atoms with Crippen LogP contribution >= 0.6 is 11.6 Å². The van der Waals surface area contributed by atoms with Crippen molar-refractivity contribution >= 4 is 22.6 Å². The van der Waals surface area contributed by atoms with E-state index in [1.54, 1.807) is 0 Å². The minimum absolute atomic E-state index is 0.428. The van der Waals surface area contributed by atoms with Crippen LogP contribution in [0.1, 0.15) is 6.42 Å². The van der Waals surface area contributed by atoms with Crippen LogP contribution in [-0.2, 0) is 9.59 Å². The van der Waals surface area contributed by atoms with E-state index in [0.29, 0.717) is 0 Å². The van der Waals surface area contributed by atoms with E-state index in [4.69, 9.17) is 5.26 Å². The molecule has 0 aromatic carbocycles. The summed E-state index contributed by atoms with van der Waals surface area (Å²) >= 11 is 4.67. The molecule has 0 saturated carbocycles. The van der Waals surface area contributed by atoms with Crippen molar-refractivity contribution < 1.29 is 9.59 Å². The van der Waals surface area contributed by atoms with Crippen molar-refractivity contribution in [3.63, 3.8) is 0 Å². The smallest absolute Gasteiger partial charge is 0.288 e. The summed E-state index contributed by atoms with van der Waals surface area (Å²) in [6.45, 7) is 0. The van der Waals surface area contributed by atoms with Gasteiger partial charge in [0.2, 0.25) is 5.78 Å². The molecule has 0 atom stereocenters. The molecule has 4 heteroatoms. The highest BCUT2D eigenvalue weighted by Gasteiger charge is 2.07. The summed E-state index contributed by atoms with van der Waals surface area (Å²) in [4.78, 5) is 19.8. The van der Waals surface area contributed by atoms with Gasteiger partial charge in [-0.2, -0.15) is 5.26 Å². The van der Waals surface area contributed by atoms with Gasteiger partial charge in [-0.05, 0) is 11.6 Å². The zero-order valence-corrected chi connectivity index (χ0v) is 4.60. The SMILES string of the molecule is N#CCC(=O)C(=O)Cl. The molecule has 0 unspecified atom stereocenters. The van der Waals surface area contributed by atoms with Crippen LogP contribution in [0.15, 0.2) is 0 Å². The zero-order chi connectivity index (χ0) is 6.57. The first-order valence-electron chi connectivity index (χ1n) is 1.78. The molecule has 3 nitrogen and oxygen atoms in total. The molecule has 0 rings (SSSR count). The zero-order valence-electron chi connectivity index (χ0n) is 3.85. The van der Waals surface area contributed by atoms with Crippen molar-refractivity contribution in [1.82, 2.24) is 0 Å². The van der Waals surface area contributed by atoms with Gasteiger partial charge in [-0.25, -0.2) is 0 Å². The Morgan fingerprint density at radius 2 is 2.12 bits per heavy atom. The molecule has 0 radical (unpaired) electrons. The van der Waals surface area contributed by atoms with Crippen LogP contribution in [0.25, 0.3) is 0 Å². The molecule has 0 aliphatic rings. The molecule has 0 saturated heterocycles. The predicted octanol–water partition coefficient (Wildman–Crippen LogP) is 0.235. The van der Waals surface area contributed by atoms with E-state index in [-0.39, 0.29) is 0 Å². The maximum atomic E-state index is 10.0. The summed E-state index contributed by atoms with van der Waals surface area (Å²) < 4.78 is 0. The third kappa shape index (κ3) is 2.32. The van der Waals surface area contributed by atoms with Gasteiger partial charge < -0.3 is 0 Å².